The number of thiophene rings is 1. The van der Waals surface area contributed by atoms with Crippen LogP contribution in [-0.4, -0.2) is 42.2 Å². The summed E-state index contributed by atoms with van der Waals surface area (Å²) in [6.45, 7) is 1.79. The van der Waals surface area contributed by atoms with Crippen LogP contribution in [0.4, 0.5) is 0 Å². The Morgan fingerprint density at radius 2 is 2.20 bits per heavy atom. The lowest BCUT2D eigenvalue weighted by molar-refractivity contribution is -0.130. The number of aryl methyl sites for hydroxylation is 1. The fraction of sp³-hybridized carbons (Fsp3) is 0.450. The Kier molecular flexibility index (Phi) is 4.52. The van der Waals surface area contributed by atoms with E-state index in [0.29, 0.717) is 26.1 Å². The molecule has 1 amide bonds. The van der Waals surface area contributed by atoms with Gasteiger partial charge in [-0.05, 0) is 35.9 Å². The number of rotatable bonds is 5. The Balaban J connectivity index is 1.44. The monoisotopic (exact) mass is 357 g/mol. The Bertz CT molecular complexity index is 745. The van der Waals surface area contributed by atoms with Crippen LogP contribution < -0.4 is 4.74 Å². The van der Waals surface area contributed by atoms with Crippen molar-refractivity contribution >= 4 is 17.2 Å². The second kappa shape index (κ2) is 6.81. The van der Waals surface area contributed by atoms with Crippen LogP contribution in [0.2, 0.25) is 0 Å². The minimum absolute atomic E-state index is 0.0466. The van der Waals surface area contributed by atoms with E-state index in [9.17, 15) is 9.90 Å². The molecule has 132 valence electrons. The molecule has 25 heavy (non-hydrogen) atoms. The number of carbonyl (C=O) groups is 1. The molecule has 1 aromatic heterocycles. The highest BCUT2D eigenvalue weighted by Crippen LogP contribution is 2.49. The average Bonchev–Trinajstić information content (AvgIpc) is 3.29. The summed E-state index contributed by atoms with van der Waals surface area (Å²) in [5.74, 6) is 1.24. The van der Waals surface area contributed by atoms with Crippen LogP contribution >= 0.6 is 11.3 Å². The number of nitrogens with zero attached hydrogens (tertiary/aromatic N) is 1. The van der Waals surface area contributed by atoms with Crippen LogP contribution in [0.1, 0.15) is 29.2 Å². The van der Waals surface area contributed by atoms with Crippen LogP contribution in [0.3, 0.4) is 0 Å². The quantitative estimate of drug-likeness (QED) is 0.895. The van der Waals surface area contributed by atoms with E-state index < -0.39 is 0 Å². The molecule has 2 aliphatic rings. The van der Waals surface area contributed by atoms with Crippen molar-refractivity contribution < 1.29 is 14.6 Å². The number of fused-ring (bicyclic) bond motifs is 3. The number of likely N-dealkylation sites (tertiary alicyclic amines) is 1. The van der Waals surface area contributed by atoms with Crippen LogP contribution in [0.15, 0.2) is 41.8 Å². The second-order valence-corrected chi connectivity index (χ2v) is 8.14. The van der Waals surface area contributed by atoms with Crippen LogP contribution in [0, 0.1) is 5.41 Å². The minimum atomic E-state index is -0.363. The van der Waals surface area contributed by atoms with Crippen molar-refractivity contribution in [3.8, 4) is 5.75 Å². The van der Waals surface area contributed by atoms with Gasteiger partial charge in [-0.1, -0.05) is 24.3 Å². The molecule has 2 aromatic rings. The molecule has 1 fully saturated rings. The average molecular weight is 357 g/mol. The molecule has 4 nitrogen and oxygen atoms in total. The molecule has 0 unspecified atom stereocenters. The van der Waals surface area contributed by atoms with Crippen molar-refractivity contribution in [3.63, 3.8) is 0 Å². The summed E-state index contributed by atoms with van der Waals surface area (Å²) in [5.41, 5.74) is 0.759. The first-order chi connectivity index (χ1) is 12.2. The van der Waals surface area contributed by atoms with E-state index in [-0.39, 0.29) is 23.8 Å². The summed E-state index contributed by atoms with van der Waals surface area (Å²) < 4.78 is 5.89. The van der Waals surface area contributed by atoms with Gasteiger partial charge in [0.1, 0.15) is 5.75 Å². The van der Waals surface area contributed by atoms with Crippen molar-refractivity contribution in [2.45, 2.75) is 25.2 Å². The second-order valence-electron chi connectivity index (χ2n) is 7.11. The fourth-order valence-corrected chi connectivity index (χ4v) is 4.84. The van der Waals surface area contributed by atoms with E-state index in [1.54, 1.807) is 11.3 Å². The van der Waals surface area contributed by atoms with E-state index in [0.717, 1.165) is 24.2 Å². The highest BCUT2D eigenvalue weighted by Gasteiger charge is 2.51. The Morgan fingerprint density at radius 3 is 3.00 bits per heavy atom. The van der Waals surface area contributed by atoms with Gasteiger partial charge in [-0.25, -0.2) is 0 Å². The van der Waals surface area contributed by atoms with Crippen molar-refractivity contribution in [3.05, 3.63) is 52.2 Å². The van der Waals surface area contributed by atoms with Gasteiger partial charge >= 0.3 is 0 Å². The number of hydrogen-bond acceptors (Lipinski definition) is 4. The molecule has 3 heterocycles. The number of para-hydroxylation sites is 1. The third kappa shape index (κ3) is 3.07. The molecule has 1 aromatic carbocycles. The number of hydrogen-bond donors (Lipinski definition) is 1. The standard InChI is InChI=1S/C20H23NO3S/c22-13-20-12-21(19(23)9-3-5-15-6-4-10-25-15)11-17(20)16-7-1-2-8-18(16)24-14-20/h1-2,4,6-8,10,17,22H,3,5,9,11-14H2/t17-,20-/m1/s1. The molecule has 0 radical (unpaired) electrons. The number of carbonyl (C=O) groups excluding carboxylic acids is 1. The molecule has 2 atom stereocenters. The molecule has 1 N–H and O–H groups in total. The first-order valence-corrected chi connectivity index (χ1v) is 9.72. The first-order valence-electron chi connectivity index (χ1n) is 8.85. The van der Waals surface area contributed by atoms with Crippen molar-refractivity contribution in [2.75, 3.05) is 26.3 Å². The summed E-state index contributed by atoms with van der Waals surface area (Å²) in [6, 6.07) is 12.2. The van der Waals surface area contributed by atoms with E-state index in [1.165, 1.54) is 4.88 Å². The number of aliphatic hydroxyl groups is 1. The molecule has 0 saturated carbocycles. The van der Waals surface area contributed by atoms with Gasteiger partial charge in [-0.3, -0.25) is 4.79 Å². The van der Waals surface area contributed by atoms with Crippen molar-refractivity contribution in [1.29, 1.82) is 0 Å². The molecule has 2 aliphatic heterocycles. The van der Waals surface area contributed by atoms with Gasteiger partial charge in [0.05, 0.1) is 18.6 Å². The lowest BCUT2D eigenvalue weighted by Gasteiger charge is -2.37. The van der Waals surface area contributed by atoms with Gasteiger partial charge in [0, 0.05) is 30.3 Å². The Hall–Kier alpha value is -1.85. The number of benzene rings is 1. The maximum absolute atomic E-state index is 12.7. The van der Waals surface area contributed by atoms with E-state index >= 15 is 0 Å². The largest absolute Gasteiger partial charge is 0.493 e. The van der Waals surface area contributed by atoms with Gasteiger partial charge in [-0.2, -0.15) is 0 Å². The van der Waals surface area contributed by atoms with Crippen molar-refractivity contribution in [2.24, 2.45) is 5.41 Å². The molecule has 1 saturated heterocycles. The number of aliphatic hydroxyl groups excluding tert-OH is 1. The lowest BCUT2D eigenvalue weighted by Crippen LogP contribution is -2.42. The molecular formula is C20H23NO3S. The minimum Gasteiger partial charge on any atom is -0.493 e. The van der Waals surface area contributed by atoms with Crippen LogP contribution in [0.5, 0.6) is 5.75 Å². The van der Waals surface area contributed by atoms with E-state index in [1.807, 2.05) is 23.1 Å². The molecule has 0 aliphatic carbocycles. The predicted octanol–water partition coefficient (Wildman–Crippen LogP) is 3.07. The lowest BCUT2D eigenvalue weighted by atomic mass is 9.74. The van der Waals surface area contributed by atoms with Crippen LogP contribution in [-0.2, 0) is 11.2 Å². The molecule has 0 spiro atoms. The smallest absolute Gasteiger partial charge is 0.222 e. The normalized spacial score (nSPS) is 24.5. The maximum Gasteiger partial charge on any atom is 0.222 e. The van der Waals surface area contributed by atoms with E-state index in [2.05, 4.69) is 23.6 Å². The Labute approximate surface area is 152 Å². The van der Waals surface area contributed by atoms with Gasteiger partial charge in [0.15, 0.2) is 0 Å². The zero-order valence-corrected chi connectivity index (χ0v) is 15.0. The zero-order valence-electron chi connectivity index (χ0n) is 14.2. The van der Waals surface area contributed by atoms with Gasteiger partial charge in [-0.15, -0.1) is 11.3 Å². The first kappa shape index (κ1) is 16.6. The number of amides is 1. The topological polar surface area (TPSA) is 49.8 Å². The molecule has 4 rings (SSSR count). The van der Waals surface area contributed by atoms with Gasteiger partial charge < -0.3 is 14.7 Å². The van der Waals surface area contributed by atoms with Crippen LogP contribution in [0.25, 0.3) is 0 Å². The number of ether oxygens (including phenoxy) is 1. The fourth-order valence-electron chi connectivity index (χ4n) is 4.09. The third-order valence-electron chi connectivity index (χ3n) is 5.52. The summed E-state index contributed by atoms with van der Waals surface area (Å²) in [5, 5.41) is 12.1. The van der Waals surface area contributed by atoms with Gasteiger partial charge in [0.2, 0.25) is 5.91 Å². The Morgan fingerprint density at radius 1 is 1.32 bits per heavy atom. The zero-order chi connectivity index (χ0) is 17.3. The molecule has 5 heteroatoms. The van der Waals surface area contributed by atoms with Crippen molar-refractivity contribution in [1.82, 2.24) is 4.90 Å². The highest BCUT2D eigenvalue weighted by atomic mass is 32.1. The SMILES string of the molecule is O=C(CCCc1cccs1)N1C[C@@H]2c3ccccc3OC[C@]2(CO)C1. The van der Waals surface area contributed by atoms with E-state index in [4.69, 9.17) is 4.74 Å². The summed E-state index contributed by atoms with van der Waals surface area (Å²) >= 11 is 1.74. The predicted molar refractivity (Wildman–Crippen MR) is 98.0 cm³/mol. The summed E-state index contributed by atoms with van der Waals surface area (Å²) in [4.78, 5) is 16.0. The molecular weight excluding hydrogens is 334 g/mol. The third-order valence-corrected chi connectivity index (χ3v) is 6.46. The maximum atomic E-state index is 12.7. The summed E-state index contributed by atoms with van der Waals surface area (Å²) in [7, 11) is 0. The molecule has 0 bridgehead atoms. The highest BCUT2D eigenvalue weighted by molar-refractivity contribution is 7.09. The summed E-state index contributed by atoms with van der Waals surface area (Å²) in [6.07, 6.45) is 2.39. The van der Waals surface area contributed by atoms with Gasteiger partial charge in [0.25, 0.3) is 0 Å².